The molecule has 3 rings (SSSR count). The predicted octanol–water partition coefficient (Wildman–Crippen LogP) is 1.84. The van der Waals surface area contributed by atoms with Gasteiger partial charge < -0.3 is 10.6 Å². The number of allylic oxidation sites excluding steroid dienone is 2. The third-order valence-electron chi connectivity index (χ3n) is 3.68. The first-order valence-electron chi connectivity index (χ1n) is 6.14. The molecule has 2 bridgehead atoms. The highest BCUT2D eigenvalue weighted by molar-refractivity contribution is 6.00. The molecule has 1 fully saturated rings. The molecule has 19 heavy (non-hydrogen) atoms. The molecule has 1 heterocycles. The van der Waals surface area contributed by atoms with Crippen molar-refractivity contribution in [2.24, 2.45) is 5.73 Å². The first-order valence-corrected chi connectivity index (χ1v) is 6.14. The average molecular weight is 254 g/mol. The van der Waals surface area contributed by atoms with Crippen molar-refractivity contribution in [2.45, 2.75) is 18.9 Å². The lowest BCUT2D eigenvalue weighted by Gasteiger charge is -2.52. The molecule has 0 saturated carbocycles. The van der Waals surface area contributed by atoms with Crippen LogP contribution >= 0.6 is 0 Å². The van der Waals surface area contributed by atoms with Gasteiger partial charge in [-0.25, -0.2) is 0 Å². The molecule has 1 aliphatic heterocycles. The number of carbonyl (C=O) groups is 2. The summed E-state index contributed by atoms with van der Waals surface area (Å²) in [5.74, 6) is -0.615. The number of hydrogen-bond acceptors (Lipinski definition) is 2. The quantitative estimate of drug-likeness (QED) is 0.875. The number of amides is 2. The lowest BCUT2D eigenvalue weighted by atomic mass is 9.79. The fourth-order valence-electron chi connectivity index (χ4n) is 2.69. The van der Waals surface area contributed by atoms with Gasteiger partial charge in [0.25, 0.3) is 5.91 Å². The first-order chi connectivity index (χ1) is 9.01. The fourth-order valence-corrected chi connectivity index (χ4v) is 2.69. The predicted molar refractivity (Wildman–Crippen MR) is 71.4 cm³/mol. The molecular weight excluding hydrogens is 240 g/mol. The molecule has 2 N–H and O–H groups in total. The molecule has 1 aromatic rings. The van der Waals surface area contributed by atoms with Gasteiger partial charge in [0.15, 0.2) is 0 Å². The number of fused-ring (bicyclic) bond motifs is 2. The molecule has 4 heteroatoms. The summed E-state index contributed by atoms with van der Waals surface area (Å²) >= 11 is 0. The normalized spacial score (nSPS) is 23.6. The molecule has 96 valence electrons. The van der Waals surface area contributed by atoms with E-state index < -0.39 is 5.91 Å². The van der Waals surface area contributed by atoms with Gasteiger partial charge >= 0.3 is 0 Å². The number of nitrogens with zero attached hydrogens (tertiary/aromatic N) is 1. The number of rotatable bonds is 2. The minimum atomic E-state index is -0.524. The van der Waals surface area contributed by atoms with Crippen molar-refractivity contribution in [1.29, 1.82) is 0 Å². The summed E-state index contributed by atoms with van der Waals surface area (Å²) in [4.78, 5) is 25.5. The van der Waals surface area contributed by atoms with Crippen molar-refractivity contribution in [3.63, 3.8) is 0 Å². The number of carbonyl (C=O) groups excluding carboxylic acids is 2. The van der Waals surface area contributed by atoms with Gasteiger partial charge in [-0.05, 0) is 31.2 Å². The van der Waals surface area contributed by atoms with Gasteiger partial charge in [0.2, 0.25) is 5.91 Å². The van der Waals surface area contributed by atoms with Crippen molar-refractivity contribution in [3.05, 3.63) is 59.3 Å². The van der Waals surface area contributed by atoms with Crippen LogP contribution in [0, 0.1) is 0 Å². The molecular formula is C15H14N2O2. The Labute approximate surface area is 111 Å². The van der Waals surface area contributed by atoms with E-state index in [-0.39, 0.29) is 11.4 Å². The number of hydrogen-bond donors (Lipinski definition) is 1. The summed E-state index contributed by atoms with van der Waals surface area (Å²) in [6, 6.07) is 6.54. The van der Waals surface area contributed by atoms with E-state index in [1.54, 1.807) is 29.2 Å². The minimum absolute atomic E-state index is 0.0903. The van der Waals surface area contributed by atoms with Gasteiger partial charge in [0.1, 0.15) is 0 Å². The summed E-state index contributed by atoms with van der Waals surface area (Å²) in [7, 11) is 0. The monoisotopic (exact) mass is 254 g/mol. The van der Waals surface area contributed by atoms with Crippen LogP contribution in [-0.2, 0) is 0 Å². The summed E-state index contributed by atoms with van der Waals surface area (Å²) < 4.78 is 0. The Morgan fingerprint density at radius 3 is 2.68 bits per heavy atom. The third kappa shape index (κ3) is 1.68. The Hall–Kier alpha value is -2.36. The molecule has 1 unspecified atom stereocenters. The van der Waals surface area contributed by atoms with Gasteiger partial charge in [0.05, 0.1) is 5.54 Å². The smallest absolute Gasteiger partial charge is 0.258 e. The van der Waals surface area contributed by atoms with Crippen molar-refractivity contribution < 1.29 is 9.59 Å². The minimum Gasteiger partial charge on any atom is -0.366 e. The summed E-state index contributed by atoms with van der Waals surface area (Å²) in [6.07, 6.45) is 6.82. The van der Waals surface area contributed by atoms with Crippen molar-refractivity contribution in [3.8, 4) is 0 Å². The summed E-state index contributed by atoms with van der Waals surface area (Å²) in [5.41, 5.74) is 6.86. The molecule has 0 aromatic heterocycles. The van der Waals surface area contributed by atoms with Crippen molar-refractivity contribution >= 4 is 11.8 Å². The van der Waals surface area contributed by atoms with E-state index in [1.807, 2.05) is 25.2 Å². The Balaban J connectivity index is 1.94. The average Bonchev–Trinajstić information content (AvgIpc) is 2.38. The van der Waals surface area contributed by atoms with Crippen molar-refractivity contribution in [1.82, 2.24) is 4.90 Å². The van der Waals surface area contributed by atoms with E-state index >= 15 is 0 Å². The van der Waals surface area contributed by atoms with E-state index in [2.05, 4.69) is 0 Å². The molecule has 2 amide bonds. The standard InChI is InChI=1S/C15H14N2O2/c1-15-7-3-6-12(9-15)17(15)14(19)11-5-2-4-10(8-11)13(16)18/h2-8H,9H2,1H3,(H2,16,18). The van der Waals surface area contributed by atoms with Gasteiger partial charge in [-0.3, -0.25) is 9.59 Å². The molecule has 1 saturated heterocycles. The Kier molecular flexibility index (Phi) is 2.35. The van der Waals surface area contributed by atoms with Crippen LogP contribution in [0.2, 0.25) is 0 Å². The van der Waals surface area contributed by atoms with Gasteiger partial charge in [-0.15, -0.1) is 0 Å². The Morgan fingerprint density at radius 1 is 1.32 bits per heavy atom. The van der Waals surface area contributed by atoms with E-state index in [9.17, 15) is 9.59 Å². The molecule has 4 nitrogen and oxygen atoms in total. The maximum absolute atomic E-state index is 12.5. The van der Waals surface area contributed by atoms with Gasteiger partial charge in [-0.2, -0.15) is 0 Å². The Morgan fingerprint density at radius 2 is 2.05 bits per heavy atom. The largest absolute Gasteiger partial charge is 0.366 e. The van der Waals surface area contributed by atoms with Crippen LogP contribution in [0.3, 0.4) is 0 Å². The molecule has 1 aliphatic carbocycles. The third-order valence-corrected chi connectivity index (χ3v) is 3.68. The lowest BCUT2D eigenvalue weighted by molar-refractivity contribution is 0.0493. The van der Waals surface area contributed by atoms with Crippen LogP contribution in [0.1, 0.15) is 34.1 Å². The van der Waals surface area contributed by atoms with E-state index in [1.165, 1.54) is 0 Å². The zero-order valence-electron chi connectivity index (χ0n) is 10.6. The van der Waals surface area contributed by atoms with E-state index in [4.69, 9.17) is 5.73 Å². The number of likely N-dealkylation sites (tertiary alicyclic amines) is 1. The second kappa shape index (κ2) is 3.82. The SMILES string of the molecule is CC12C=CC=C(C1)N2C(=O)c1cccc(C(N)=O)c1. The first kappa shape index (κ1) is 11.7. The van der Waals surface area contributed by atoms with Gasteiger partial charge in [0, 0.05) is 23.2 Å². The highest BCUT2D eigenvalue weighted by atomic mass is 16.2. The summed E-state index contributed by atoms with van der Waals surface area (Å²) in [6.45, 7) is 2.02. The highest BCUT2D eigenvalue weighted by Crippen LogP contribution is 2.44. The van der Waals surface area contributed by atoms with Crippen LogP contribution in [0.5, 0.6) is 0 Å². The van der Waals surface area contributed by atoms with Crippen molar-refractivity contribution in [2.75, 3.05) is 0 Å². The zero-order valence-corrected chi connectivity index (χ0v) is 10.6. The van der Waals surface area contributed by atoms with E-state index in [0.717, 1.165) is 12.1 Å². The number of benzene rings is 1. The number of nitrogens with two attached hydrogens (primary N) is 1. The van der Waals surface area contributed by atoms with E-state index in [0.29, 0.717) is 11.1 Å². The molecule has 0 spiro atoms. The molecule has 0 radical (unpaired) electrons. The lowest BCUT2D eigenvalue weighted by Crippen LogP contribution is -2.58. The second-order valence-corrected chi connectivity index (χ2v) is 5.14. The van der Waals surface area contributed by atoms with Crippen LogP contribution < -0.4 is 5.73 Å². The Bertz CT molecular complexity index is 645. The molecule has 2 aliphatic rings. The van der Waals surface area contributed by atoms with Crippen LogP contribution in [0.15, 0.2) is 48.2 Å². The zero-order chi connectivity index (χ0) is 13.6. The molecule has 1 aromatic carbocycles. The van der Waals surface area contributed by atoms with Crippen LogP contribution in [0.25, 0.3) is 0 Å². The maximum Gasteiger partial charge on any atom is 0.258 e. The number of primary amides is 1. The highest BCUT2D eigenvalue weighted by Gasteiger charge is 2.47. The summed E-state index contributed by atoms with van der Waals surface area (Å²) in [5, 5.41) is 0. The maximum atomic E-state index is 12.5. The van der Waals surface area contributed by atoms with Crippen LogP contribution in [0.4, 0.5) is 0 Å². The second-order valence-electron chi connectivity index (χ2n) is 5.14. The topological polar surface area (TPSA) is 63.4 Å². The van der Waals surface area contributed by atoms with Crippen LogP contribution in [-0.4, -0.2) is 22.3 Å². The van der Waals surface area contributed by atoms with Gasteiger partial charge in [-0.1, -0.05) is 18.2 Å². The molecule has 1 atom stereocenters. The fraction of sp³-hybridized carbons (Fsp3) is 0.200.